The van der Waals surface area contributed by atoms with E-state index in [0.29, 0.717) is 29.3 Å². The molecule has 16 heavy (non-hydrogen) atoms. The van der Waals surface area contributed by atoms with Gasteiger partial charge in [-0.2, -0.15) is 0 Å². The summed E-state index contributed by atoms with van der Waals surface area (Å²) in [5.41, 5.74) is 0.674. The number of halogens is 1. The summed E-state index contributed by atoms with van der Waals surface area (Å²) in [6.45, 7) is 4.63. The van der Waals surface area contributed by atoms with E-state index < -0.39 is 5.97 Å². The molecule has 0 heterocycles. The van der Waals surface area contributed by atoms with E-state index in [1.807, 2.05) is 13.8 Å². The molecule has 0 fully saturated rings. The molecule has 0 aliphatic carbocycles. The Labute approximate surface area is 98.1 Å². The highest BCUT2D eigenvalue weighted by molar-refractivity contribution is 5.98. The third-order valence-corrected chi connectivity index (χ3v) is 2.67. The fourth-order valence-corrected chi connectivity index (χ4v) is 1.95. The zero-order valence-electron chi connectivity index (χ0n) is 9.83. The Morgan fingerprint density at radius 1 is 1.12 bits per heavy atom. The largest absolute Gasteiger partial charge is 0.376 e. The van der Waals surface area contributed by atoms with Crippen LogP contribution in [0.4, 0.5) is 4.39 Å². The van der Waals surface area contributed by atoms with Crippen molar-refractivity contribution in [3.05, 3.63) is 35.6 Å². The van der Waals surface area contributed by atoms with Gasteiger partial charge in [0.05, 0.1) is 0 Å². The summed E-state index contributed by atoms with van der Waals surface area (Å²) in [6.07, 6.45) is 0. The minimum absolute atomic E-state index is 0.293. The van der Waals surface area contributed by atoms with Crippen molar-refractivity contribution in [3.63, 3.8) is 0 Å². The number of hydrogen-bond acceptors (Lipinski definition) is 3. The van der Waals surface area contributed by atoms with E-state index in [-0.39, 0.29) is 5.82 Å². The molecule has 0 radical (unpaired) electrons. The SMILES string of the molecule is CCOC(O[SiH3])(OCC)c1ccc(F)cc1. The molecular formula is C11H17FO3Si. The van der Waals surface area contributed by atoms with Crippen LogP contribution in [0.15, 0.2) is 24.3 Å². The zero-order chi connectivity index (χ0) is 12.0. The molecule has 0 N–H and O–H groups in total. The van der Waals surface area contributed by atoms with E-state index in [1.165, 1.54) is 12.1 Å². The molecule has 1 aromatic rings. The molecule has 1 aromatic carbocycles. The van der Waals surface area contributed by atoms with Crippen molar-refractivity contribution in [3.8, 4) is 0 Å². The van der Waals surface area contributed by atoms with Gasteiger partial charge in [0.1, 0.15) is 5.82 Å². The van der Waals surface area contributed by atoms with Crippen LogP contribution in [0.25, 0.3) is 0 Å². The van der Waals surface area contributed by atoms with Crippen molar-refractivity contribution in [2.75, 3.05) is 13.2 Å². The van der Waals surface area contributed by atoms with E-state index in [1.54, 1.807) is 12.1 Å². The fraction of sp³-hybridized carbons (Fsp3) is 0.455. The van der Waals surface area contributed by atoms with Gasteiger partial charge in [0.15, 0.2) is 10.5 Å². The molecule has 0 unspecified atom stereocenters. The molecule has 0 spiro atoms. The topological polar surface area (TPSA) is 27.7 Å². The molecule has 0 amide bonds. The highest BCUT2D eigenvalue weighted by Gasteiger charge is 2.33. The molecule has 0 saturated heterocycles. The first-order valence-electron chi connectivity index (χ1n) is 5.27. The molecule has 0 bridgehead atoms. The number of ether oxygens (including phenoxy) is 2. The summed E-state index contributed by atoms with van der Waals surface area (Å²) < 4.78 is 29.3. The van der Waals surface area contributed by atoms with Crippen molar-refractivity contribution in [2.45, 2.75) is 19.8 Å². The fourth-order valence-electron chi connectivity index (χ4n) is 1.48. The number of rotatable bonds is 6. The summed E-state index contributed by atoms with van der Waals surface area (Å²) in [6, 6.07) is 5.95. The number of hydrogen-bond donors (Lipinski definition) is 0. The average Bonchev–Trinajstić information content (AvgIpc) is 2.29. The number of benzene rings is 1. The molecule has 0 aliphatic heterocycles. The molecule has 1 rings (SSSR count). The van der Waals surface area contributed by atoms with Gasteiger partial charge in [-0.05, 0) is 38.1 Å². The van der Waals surface area contributed by atoms with Gasteiger partial charge in [-0.3, -0.25) is 0 Å². The van der Waals surface area contributed by atoms with Crippen LogP contribution in [-0.4, -0.2) is 23.7 Å². The van der Waals surface area contributed by atoms with Gasteiger partial charge in [-0.1, -0.05) is 0 Å². The van der Waals surface area contributed by atoms with E-state index in [4.69, 9.17) is 13.9 Å². The maximum Gasteiger partial charge on any atom is 0.301 e. The molecule has 0 saturated carbocycles. The van der Waals surface area contributed by atoms with Gasteiger partial charge in [0.2, 0.25) is 0 Å². The monoisotopic (exact) mass is 244 g/mol. The van der Waals surface area contributed by atoms with Crippen molar-refractivity contribution in [2.24, 2.45) is 0 Å². The second-order valence-electron chi connectivity index (χ2n) is 3.13. The van der Waals surface area contributed by atoms with Gasteiger partial charge in [0, 0.05) is 18.8 Å². The van der Waals surface area contributed by atoms with Crippen LogP contribution in [0.2, 0.25) is 0 Å². The maximum atomic E-state index is 12.8. The average molecular weight is 244 g/mol. The lowest BCUT2D eigenvalue weighted by Crippen LogP contribution is -2.35. The molecule has 3 nitrogen and oxygen atoms in total. The first-order chi connectivity index (χ1) is 7.68. The Bertz CT molecular complexity index is 310. The Kier molecular flexibility index (Phi) is 5.07. The molecule has 0 aromatic heterocycles. The van der Waals surface area contributed by atoms with Crippen LogP contribution in [0.1, 0.15) is 19.4 Å². The summed E-state index contributed by atoms with van der Waals surface area (Å²) in [5, 5.41) is 0. The molecule has 90 valence electrons. The summed E-state index contributed by atoms with van der Waals surface area (Å²) in [7, 11) is 0.464. The van der Waals surface area contributed by atoms with Crippen molar-refractivity contribution < 1.29 is 18.3 Å². The molecule has 5 heteroatoms. The van der Waals surface area contributed by atoms with E-state index in [2.05, 4.69) is 0 Å². The lowest BCUT2D eigenvalue weighted by atomic mass is 10.2. The van der Waals surface area contributed by atoms with Gasteiger partial charge < -0.3 is 13.9 Å². The van der Waals surface area contributed by atoms with E-state index in [0.717, 1.165) is 0 Å². The Morgan fingerprint density at radius 3 is 2.00 bits per heavy atom. The van der Waals surface area contributed by atoms with Crippen LogP contribution in [0, 0.1) is 5.82 Å². The van der Waals surface area contributed by atoms with Crippen molar-refractivity contribution in [1.29, 1.82) is 0 Å². The predicted octanol–water partition coefficient (Wildman–Crippen LogP) is 1.31. The lowest BCUT2D eigenvalue weighted by molar-refractivity contribution is -0.352. The minimum atomic E-state index is -1.18. The van der Waals surface area contributed by atoms with Crippen molar-refractivity contribution >= 4 is 10.5 Å². The Balaban J connectivity index is 3.02. The van der Waals surface area contributed by atoms with Crippen molar-refractivity contribution in [1.82, 2.24) is 0 Å². The van der Waals surface area contributed by atoms with Gasteiger partial charge in [-0.25, -0.2) is 4.39 Å². The third-order valence-electron chi connectivity index (χ3n) is 2.14. The summed E-state index contributed by atoms with van der Waals surface area (Å²) in [5.74, 6) is -1.47. The van der Waals surface area contributed by atoms with Gasteiger partial charge in [-0.15, -0.1) is 0 Å². The highest BCUT2D eigenvalue weighted by Crippen LogP contribution is 2.28. The summed E-state index contributed by atoms with van der Waals surface area (Å²) >= 11 is 0. The second-order valence-corrected chi connectivity index (χ2v) is 3.54. The lowest BCUT2D eigenvalue weighted by Gasteiger charge is -2.32. The first kappa shape index (κ1) is 13.3. The third kappa shape index (κ3) is 2.88. The molecule has 0 atom stereocenters. The Morgan fingerprint density at radius 2 is 1.62 bits per heavy atom. The van der Waals surface area contributed by atoms with Crippen LogP contribution in [0.5, 0.6) is 0 Å². The Hall–Kier alpha value is -0.753. The quantitative estimate of drug-likeness (QED) is 0.558. The molecule has 0 aliphatic rings. The first-order valence-corrected chi connectivity index (χ1v) is 6.09. The minimum Gasteiger partial charge on any atom is -0.376 e. The highest BCUT2D eigenvalue weighted by atomic mass is 28.2. The second kappa shape index (κ2) is 6.10. The van der Waals surface area contributed by atoms with E-state index >= 15 is 0 Å². The van der Waals surface area contributed by atoms with Crippen LogP contribution in [0.3, 0.4) is 0 Å². The standard InChI is InChI=1S/C11H17FO3Si/c1-3-13-11(15-16,14-4-2)9-5-7-10(12)8-6-9/h5-8H,3-4H2,1-2,16H3. The maximum absolute atomic E-state index is 12.8. The predicted molar refractivity (Wildman–Crippen MR) is 62.4 cm³/mol. The van der Waals surface area contributed by atoms with Crippen LogP contribution >= 0.6 is 0 Å². The summed E-state index contributed by atoms with van der Waals surface area (Å²) in [4.78, 5) is 0. The van der Waals surface area contributed by atoms with Crippen LogP contribution < -0.4 is 0 Å². The van der Waals surface area contributed by atoms with E-state index in [9.17, 15) is 4.39 Å². The normalized spacial score (nSPS) is 11.9. The zero-order valence-corrected chi connectivity index (χ0v) is 11.8. The molecular weight excluding hydrogens is 227 g/mol. The van der Waals surface area contributed by atoms with Gasteiger partial charge in [0.25, 0.3) is 0 Å². The smallest absolute Gasteiger partial charge is 0.301 e. The van der Waals surface area contributed by atoms with Crippen LogP contribution in [-0.2, 0) is 19.9 Å². The van der Waals surface area contributed by atoms with Gasteiger partial charge >= 0.3 is 5.97 Å².